The molecule has 2 aromatic carbocycles. The van der Waals surface area contributed by atoms with Crippen LogP contribution in [-0.2, 0) is 0 Å². The molecule has 7 nitrogen and oxygen atoms in total. The van der Waals surface area contributed by atoms with Crippen molar-refractivity contribution in [1.29, 1.82) is 5.26 Å². The average Bonchev–Trinajstić information content (AvgIpc) is 3.17. The summed E-state index contributed by atoms with van der Waals surface area (Å²) in [6.07, 6.45) is 0. The lowest BCUT2D eigenvalue weighted by Crippen LogP contribution is -2.21. The number of aromatic nitrogens is 2. The Bertz CT molecular complexity index is 1210. The summed E-state index contributed by atoms with van der Waals surface area (Å²) in [4.78, 5) is 0. The van der Waals surface area contributed by atoms with Crippen molar-refractivity contribution in [1.82, 2.24) is 10.2 Å². The van der Waals surface area contributed by atoms with E-state index in [2.05, 4.69) is 16.3 Å². The van der Waals surface area contributed by atoms with Crippen LogP contribution in [0.2, 0.25) is 10.0 Å². The van der Waals surface area contributed by atoms with Crippen LogP contribution >= 0.6 is 23.2 Å². The Labute approximate surface area is 182 Å². The van der Waals surface area contributed by atoms with Crippen molar-refractivity contribution in [3.05, 3.63) is 69.0 Å². The number of aromatic amines is 1. The summed E-state index contributed by atoms with van der Waals surface area (Å²) in [5, 5.41) is 17.9. The molecule has 3 aromatic rings. The van der Waals surface area contributed by atoms with Crippen molar-refractivity contribution in [3.8, 4) is 34.7 Å². The number of halogens is 2. The largest absolute Gasteiger partial charge is 0.497 e. The molecular formula is C21H16Cl2N4O3. The molecule has 1 atom stereocenters. The minimum Gasteiger partial charge on any atom is -0.497 e. The first-order valence-corrected chi connectivity index (χ1v) is 9.57. The Balaban J connectivity index is 1.98. The molecule has 2 heterocycles. The number of benzene rings is 2. The van der Waals surface area contributed by atoms with Gasteiger partial charge in [-0.2, -0.15) is 5.26 Å². The quantitative estimate of drug-likeness (QED) is 0.610. The third kappa shape index (κ3) is 3.20. The molecule has 0 spiro atoms. The van der Waals surface area contributed by atoms with Crippen LogP contribution in [0.4, 0.5) is 0 Å². The van der Waals surface area contributed by atoms with Crippen molar-refractivity contribution in [3.63, 3.8) is 0 Å². The van der Waals surface area contributed by atoms with Gasteiger partial charge in [0.25, 0.3) is 0 Å². The maximum Gasteiger partial charge on any atom is 0.244 e. The van der Waals surface area contributed by atoms with Crippen molar-refractivity contribution in [2.75, 3.05) is 14.2 Å². The molecule has 0 amide bonds. The maximum atomic E-state index is 9.82. The molecule has 0 radical (unpaired) electrons. The van der Waals surface area contributed by atoms with E-state index in [1.54, 1.807) is 44.6 Å². The summed E-state index contributed by atoms with van der Waals surface area (Å²) in [5.41, 5.74) is 8.92. The molecule has 0 saturated heterocycles. The lowest BCUT2D eigenvalue weighted by molar-refractivity contribution is 0.379. The number of H-pyrrole nitrogens is 1. The minimum absolute atomic E-state index is 0.0169. The summed E-state index contributed by atoms with van der Waals surface area (Å²) >= 11 is 12.3. The number of nitrogens with one attached hydrogen (secondary N) is 1. The Morgan fingerprint density at radius 2 is 1.93 bits per heavy atom. The normalized spacial score (nSPS) is 15.2. The summed E-state index contributed by atoms with van der Waals surface area (Å²) in [5.74, 6) is 0.904. The van der Waals surface area contributed by atoms with Gasteiger partial charge in [0.1, 0.15) is 23.1 Å². The molecule has 0 bridgehead atoms. The number of methoxy groups -OCH3 is 2. The lowest BCUT2D eigenvalue weighted by atomic mass is 9.83. The molecule has 1 aromatic heterocycles. The second-order valence-electron chi connectivity index (χ2n) is 6.48. The number of allylic oxidation sites excluding steroid dienone is 1. The van der Waals surface area contributed by atoms with Crippen LogP contribution in [0.1, 0.15) is 17.0 Å². The molecule has 0 fully saturated rings. The fourth-order valence-electron chi connectivity index (χ4n) is 3.49. The van der Waals surface area contributed by atoms with E-state index in [-0.39, 0.29) is 17.3 Å². The van der Waals surface area contributed by atoms with E-state index in [4.69, 9.17) is 43.1 Å². The van der Waals surface area contributed by atoms with E-state index in [9.17, 15) is 5.26 Å². The van der Waals surface area contributed by atoms with Crippen molar-refractivity contribution in [2.24, 2.45) is 5.73 Å². The number of nitrogens with zero attached hydrogens (tertiary/aromatic N) is 2. The van der Waals surface area contributed by atoms with Gasteiger partial charge in [0.15, 0.2) is 0 Å². The highest BCUT2D eigenvalue weighted by atomic mass is 35.5. The van der Waals surface area contributed by atoms with Crippen molar-refractivity contribution in [2.45, 2.75) is 5.92 Å². The van der Waals surface area contributed by atoms with Gasteiger partial charge in [0.2, 0.25) is 11.8 Å². The molecule has 9 heteroatoms. The smallest absolute Gasteiger partial charge is 0.244 e. The van der Waals surface area contributed by atoms with E-state index in [1.165, 1.54) is 0 Å². The Hall–Kier alpha value is -3.34. The molecule has 1 aliphatic heterocycles. The van der Waals surface area contributed by atoms with Crippen molar-refractivity contribution < 1.29 is 14.2 Å². The molecule has 0 saturated carbocycles. The zero-order valence-electron chi connectivity index (χ0n) is 16.0. The number of nitriles is 1. The predicted molar refractivity (Wildman–Crippen MR) is 113 cm³/mol. The van der Waals surface area contributed by atoms with Crippen LogP contribution in [-0.4, -0.2) is 24.4 Å². The molecule has 3 N–H and O–H groups in total. The first kappa shape index (κ1) is 20.0. The van der Waals surface area contributed by atoms with Gasteiger partial charge in [-0.3, -0.25) is 5.10 Å². The highest BCUT2D eigenvalue weighted by molar-refractivity contribution is 6.42. The first-order valence-electron chi connectivity index (χ1n) is 8.81. The minimum atomic E-state index is -0.571. The summed E-state index contributed by atoms with van der Waals surface area (Å²) in [7, 11) is 3.15. The van der Waals surface area contributed by atoms with Gasteiger partial charge in [-0.05, 0) is 35.9 Å². The van der Waals surface area contributed by atoms with Gasteiger partial charge in [0.05, 0.1) is 41.4 Å². The second kappa shape index (κ2) is 7.82. The summed E-state index contributed by atoms with van der Waals surface area (Å²) < 4.78 is 16.5. The number of ether oxygens (including phenoxy) is 3. The van der Waals surface area contributed by atoms with Gasteiger partial charge in [-0.15, -0.1) is 5.10 Å². The van der Waals surface area contributed by atoms with Gasteiger partial charge in [-0.1, -0.05) is 29.3 Å². The van der Waals surface area contributed by atoms with Gasteiger partial charge in [-0.25, -0.2) is 0 Å². The van der Waals surface area contributed by atoms with Gasteiger partial charge < -0.3 is 19.9 Å². The van der Waals surface area contributed by atoms with E-state index < -0.39 is 5.92 Å². The zero-order chi connectivity index (χ0) is 21.4. The standard InChI is InChI=1S/C21H16Cl2N4O3/c1-28-11-4-6-16(29-2)12(8-11)19-18-17(10-3-5-14(22)15(23)7-10)13(9-24)20(25)30-21(18)27-26-19/h3-8,17H,25H2,1-2H3,(H,26,27). The third-order valence-electron chi connectivity index (χ3n) is 4.89. The number of nitrogens with two attached hydrogens (primary N) is 1. The molecule has 30 heavy (non-hydrogen) atoms. The first-order chi connectivity index (χ1) is 14.5. The van der Waals surface area contributed by atoms with Crippen LogP contribution in [0.3, 0.4) is 0 Å². The summed E-state index contributed by atoms with van der Waals surface area (Å²) in [6, 6.07) is 12.7. The molecule has 4 rings (SSSR count). The van der Waals surface area contributed by atoms with E-state index in [0.717, 1.165) is 5.56 Å². The highest BCUT2D eigenvalue weighted by Crippen LogP contribution is 2.48. The fraction of sp³-hybridized carbons (Fsp3) is 0.143. The Kier molecular flexibility index (Phi) is 5.20. The third-order valence-corrected chi connectivity index (χ3v) is 5.63. The maximum absolute atomic E-state index is 9.82. The van der Waals surface area contributed by atoms with Crippen LogP contribution < -0.4 is 19.9 Å². The summed E-state index contributed by atoms with van der Waals surface area (Å²) in [6.45, 7) is 0. The molecule has 0 aliphatic carbocycles. The number of fused-ring (bicyclic) bond motifs is 1. The molecular weight excluding hydrogens is 427 g/mol. The van der Waals surface area contributed by atoms with E-state index in [1.807, 2.05) is 6.07 Å². The Morgan fingerprint density at radius 3 is 2.60 bits per heavy atom. The van der Waals surface area contributed by atoms with Crippen LogP contribution in [0.15, 0.2) is 47.9 Å². The number of hydrogen-bond donors (Lipinski definition) is 2. The van der Waals surface area contributed by atoms with Crippen LogP contribution in [0.25, 0.3) is 11.3 Å². The van der Waals surface area contributed by atoms with E-state index >= 15 is 0 Å². The van der Waals surface area contributed by atoms with Crippen molar-refractivity contribution >= 4 is 23.2 Å². The second-order valence-corrected chi connectivity index (χ2v) is 7.30. The van der Waals surface area contributed by atoms with Gasteiger partial charge in [0, 0.05) is 5.56 Å². The van der Waals surface area contributed by atoms with Gasteiger partial charge >= 0.3 is 0 Å². The number of rotatable bonds is 4. The molecule has 1 unspecified atom stereocenters. The van der Waals surface area contributed by atoms with E-state index in [0.29, 0.717) is 38.4 Å². The fourth-order valence-corrected chi connectivity index (χ4v) is 3.79. The molecule has 152 valence electrons. The average molecular weight is 443 g/mol. The monoisotopic (exact) mass is 442 g/mol. The number of hydrogen-bond acceptors (Lipinski definition) is 6. The Morgan fingerprint density at radius 1 is 1.13 bits per heavy atom. The topological polar surface area (TPSA) is 106 Å². The zero-order valence-corrected chi connectivity index (χ0v) is 17.5. The SMILES string of the molecule is COc1ccc(OC)c(-c2[nH]nc3c2C(c2ccc(Cl)c(Cl)c2)C(C#N)=C(N)O3)c1. The molecule has 1 aliphatic rings. The van der Waals surface area contributed by atoms with Crippen LogP contribution in [0.5, 0.6) is 17.4 Å². The highest BCUT2D eigenvalue weighted by Gasteiger charge is 2.36. The predicted octanol–water partition coefficient (Wildman–Crippen LogP) is 4.62. The van der Waals surface area contributed by atoms with Crippen LogP contribution in [0, 0.1) is 11.3 Å². The lowest BCUT2D eigenvalue weighted by Gasteiger charge is -2.24.